The Kier molecular flexibility index (Phi) is 18.0. The van der Waals surface area contributed by atoms with Gasteiger partial charge in [-0.3, -0.25) is 0 Å². The molecule has 18 nitrogen and oxygen atoms in total. The summed E-state index contributed by atoms with van der Waals surface area (Å²) in [7, 11) is 0. The molecule has 0 spiro atoms. The first kappa shape index (κ1) is 54.5. The highest BCUT2D eigenvalue weighted by Gasteiger charge is 2.58. The summed E-state index contributed by atoms with van der Waals surface area (Å²) >= 11 is 0. The second-order valence-electron chi connectivity index (χ2n) is 17.8. The van der Waals surface area contributed by atoms with Crippen LogP contribution in [-0.4, -0.2) is 122 Å². The molecule has 10 atom stereocenters. The number of aliphatic hydroxyl groups is 1. The Balaban J connectivity index is 1.18. The van der Waals surface area contributed by atoms with Crippen molar-refractivity contribution >= 4 is 41.8 Å². The van der Waals surface area contributed by atoms with Crippen LogP contribution in [0, 0.1) is 0 Å². The van der Waals surface area contributed by atoms with Gasteiger partial charge in [-0.05, 0) is 84.9 Å². The fourth-order valence-electron chi connectivity index (χ4n) is 8.59. The molecule has 1 N–H and O–H groups in total. The molecule has 0 bridgehead atoms. The van der Waals surface area contributed by atoms with Gasteiger partial charge in [0.25, 0.3) is 0 Å². The third-order valence-electron chi connectivity index (χ3n) is 12.5. The molecule has 0 aromatic heterocycles. The standard InChI is InChI=1S/C61H50O18/c62-53(38-22-8-1-9-23-38)70-36-45-48(49(75-56(65)41-28-14-4-15-29-41)51(60(69)72-45)77-58(67)43-32-18-6-19-33-43)79-61-52(78-59(68)44-34-20-7-21-35-44)50(76-57(66)42-30-16-5-17-31-42)47(74-55(64)40-26-12-3-13-27-40)46(73-61)37-71-54(63)39-24-10-2-11-25-39/h1-35,45-52,60-61,69H,36-37H2/t45?,46?,47-,48+,49?,50?,51?,52?,60-,61-/m0/s1. The summed E-state index contributed by atoms with van der Waals surface area (Å²) in [6.45, 7) is -1.50. The maximum Gasteiger partial charge on any atom is 0.338 e. The molecule has 9 rings (SSSR count). The van der Waals surface area contributed by atoms with Gasteiger partial charge in [0.2, 0.25) is 0 Å². The average molecular weight is 1070 g/mol. The molecule has 7 aromatic rings. The predicted molar refractivity (Wildman–Crippen MR) is 276 cm³/mol. The lowest BCUT2D eigenvalue weighted by molar-refractivity contribution is -0.352. The van der Waals surface area contributed by atoms with Gasteiger partial charge < -0.3 is 52.5 Å². The van der Waals surface area contributed by atoms with E-state index in [0.29, 0.717) is 0 Å². The molecule has 7 aromatic carbocycles. The highest BCUT2D eigenvalue weighted by Crippen LogP contribution is 2.36. The van der Waals surface area contributed by atoms with Crippen LogP contribution in [0.15, 0.2) is 212 Å². The molecule has 0 radical (unpaired) electrons. The number of carbonyl (C=O) groups excluding carboxylic acids is 7. The van der Waals surface area contributed by atoms with Crippen LogP contribution >= 0.6 is 0 Å². The van der Waals surface area contributed by atoms with Gasteiger partial charge in [0.05, 0.1) is 38.9 Å². The number of hydrogen-bond acceptors (Lipinski definition) is 18. The molecule has 2 aliphatic rings. The highest BCUT2D eigenvalue weighted by atomic mass is 16.8. The summed E-state index contributed by atoms with van der Waals surface area (Å²) in [6.07, 6.45) is -19.0. The van der Waals surface area contributed by atoms with Gasteiger partial charge in [-0.2, -0.15) is 0 Å². The monoisotopic (exact) mass is 1070 g/mol. The van der Waals surface area contributed by atoms with Crippen LogP contribution in [0.2, 0.25) is 0 Å². The van der Waals surface area contributed by atoms with Crippen LogP contribution in [0.1, 0.15) is 72.5 Å². The Bertz CT molecular complexity index is 3170. The topological polar surface area (TPSA) is 232 Å². The van der Waals surface area contributed by atoms with Crippen molar-refractivity contribution in [3.63, 3.8) is 0 Å². The predicted octanol–water partition coefficient (Wildman–Crippen LogP) is 7.66. The minimum Gasteiger partial charge on any atom is -0.459 e. The quantitative estimate of drug-likeness (QED) is 0.0642. The van der Waals surface area contributed by atoms with Crippen LogP contribution in [0.5, 0.6) is 0 Å². The summed E-state index contributed by atoms with van der Waals surface area (Å²) in [5.41, 5.74) is 0.298. The Morgan fingerprint density at radius 2 is 0.557 bits per heavy atom. The van der Waals surface area contributed by atoms with E-state index in [9.17, 15) is 38.7 Å². The van der Waals surface area contributed by atoms with Crippen molar-refractivity contribution in [3.05, 3.63) is 251 Å². The summed E-state index contributed by atoms with van der Waals surface area (Å²) in [6, 6.07) is 54.1. The van der Waals surface area contributed by atoms with Crippen molar-refractivity contribution in [1.29, 1.82) is 0 Å². The van der Waals surface area contributed by atoms with Crippen molar-refractivity contribution < 1.29 is 86.0 Å². The molecular formula is C61H50O18. The van der Waals surface area contributed by atoms with Gasteiger partial charge in [-0.25, -0.2) is 33.6 Å². The second-order valence-corrected chi connectivity index (χ2v) is 17.8. The first-order chi connectivity index (χ1) is 38.5. The number of ether oxygens (including phenoxy) is 10. The first-order valence-corrected chi connectivity index (χ1v) is 24.9. The van der Waals surface area contributed by atoms with E-state index in [2.05, 4.69) is 0 Å². The van der Waals surface area contributed by atoms with Gasteiger partial charge in [0.1, 0.15) is 31.5 Å². The van der Waals surface area contributed by atoms with E-state index < -0.39 is 116 Å². The van der Waals surface area contributed by atoms with Crippen LogP contribution < -0.4 is 0 Å². The van der Waals surface area contributed by atoms with Crippen LogP contribution in [-0.2, 0) is 47.4 Å². The number of hydrogen-bond donors (Lipinski definition) is 1. The average Bonchev–Trinajstić information content (AvgIpc) is 3.51. The van der Waals surface area contributed by atoms with Crippen molar-refractivity contribution in [1.82, 2.24) is 0 Å². The van der Waals surface area contributed by atoms with Crippen LogP contribution in [0.25, 0.3) is 0 Å². The third kappa shape index (κ3) is 13.8. The number of aliphatic hydroxyl groups excluding tert-OH is 1. The maximum atomic E-state index is 14.5. The summed E-state index contributed by atoms with van der Waals surface area (Å²) in [5, 5.41) is 11.9. The van der Waals surface area contributed by atoms with Gasteiger partial charge in [-0.1, -0.05) is 127 Å². The van der Waals surface area contributed by atoms with E-state index in [-0.39, 0.29) is 38.9 Å². The maximum absolute atomic E-state index is 14.5. The molecule has 2 heterocycles. The van der Waals surface area contributed by atoms with E-state index in [1.807, 2.05) is 0 Å². The zero-order chi connectivity index (χ0) is 55.1. The molecular weight excluding hydrogens is 1020 g/mol. The largest absolute Gasteiger partial charge is 0.459 e. The van der Waals surface area contributed by atoms with E-state index >= 15 is 0 Å². The van der Waals surface area contributed by atoms with Crippen LogP contribution in [0.3, 0.4) is 0 Å². The SMILES string of the molecule is O=C(OCC1O[C@H](O)C(OC(=O)c2ccccc2)C(OC(=O)c2ccccc2)[C@@H]1O[C@@H]1OC(COC(=O)c2ccccc2)[C@H](OC(=O)c2ccccc2)C(OC(=O)c2ccccc2)C1OC(=O)c1ccccc1)c1ccccc1. The Labute approximate surface area is 452 Å². The first-order valence-electron chi connectivity index (χ1n) is 24.9. The normalized spacial score (nSPS) is 22.4. The van der Waals surface area contributed by atoms with Gasteiger partial charge in [0, 0.05) is 0 Å². The highest BCUT2D eigenvalue weighted by molar-refractivity contribution is 5.93. The number of carbonyl (C=O) groups is 7. The molecule has 402 valence electrons. The minimum atomic E-state index is -2.12. The van der Waals surface area contributed by atoms with E-state index in [0.717, 1.165) is 0 Å². The second kappa shape index (κ2) is 26.1. The summed E-state index contributed by atoms with van der Waals surface area (Å²) in [4.78, 5) is 98.6. The Morgan fingerprint density at radius 1 is 0.304 bits per heavy atom. The number of rotatable bonds is 18. The molecule has 79 heavy (non-hydrogen) atoms. The molecule has 2 aliphatic heterocycles. The third-order valence-corrected chi connectivity index (χ3v) is 12.5. The smallest absolute Gasteiger partial charge is 0.338 e. The van der Waals surface area contributed by atoms with E-state index in [1.54, 1.807) is 127 Å². The molecule has 0 aliphatic carbocycles. The van der Waals surface area contributed by atoms with Crippen molar-refractivity contribution in [2.24, 2.45) is 0 Å². The molecule has 18 heteroatoms. The lowest BCUT2D eigenvalue weighted by atomic mass is 9.95. The van der Waals surface area contributed by atoms with Gasteiger partial charge >= 0.3 is 41.8 Å². The molecule has 6 unspecified atom stereocenters. The number of benzene rings is 7. The fourth-order valence-corrected chi connectivity index (χ4v) is 8.59. The van der Waals surface area contributed by atoms with E-state index in [1.165, 1.54) is 84.9 Å². The molecule has 0 amide bonds. The number of esters is 7. The Hall–Kier alpha value is -9.33. The lowest BCUT2D eigenvalue weighted by Crippen LogP contribution is -2.67. The molecule has 0 saturated carbocycles. The van der Waals surface area contributed by atoms with Gasteiger partial charge in [-0.15, -0.1) is 0 Å². The van der Waals surface area contributed by atoms with E-state index in [4.69, 9.17) is 47.4 Å². The van der Waals surface area contributed by atoms with Crippen LogP contribution in [0.4, 0.5) is 0 Å². The minimum absolute atomic E-state index is 0.00210. The fraction of sp³-hybridized carbons (Fsp3) is 0.197. The van der Waals surface area contributed by atoms with Crippen molar-refractivity contribution in [2.45, 2.75) is 61.4 Å². The zero-order valence-electron chi connectivity index (χ0n) is 41.8. The molecule has 2 saturated heterocycles. The lowest BCUT2D eigenvalue weighted by Gasteiger charge is -2.48. The molecule has 2 fully saturated rings. The van der Waals surface area contributed by atoms with Gasteiger partial charge in [0.15, 0.2) is 43.1 Å². The zero-order valence-corrected chi connectivity index (χ0v) is 41.8. The summed E-state index contributed by atoms with van der Waals surface area (Å²) < 4.78 is 62.0. The van der Waals surface area contributed by atoms with Crippen molar-refractivity contribution in [3.8, 4) is 0 Å². The van der Waals surface area contributed by atoms with Crippen molar-refractivity contribution in [2.75, 3.05) is 13.2 Å². The summed E-state index contributed by atoms with van der Waals surface area (Å²) in [5.74, 6) is -6.72. The Morgan fingerprint density at radius 3 is 0.886 bits per heavy atom.